The number of nitrogens with zero attached hydrogens (tertiary/aromatic N) is 1. The van der Waals surface area contributed by atoms with E-state index >= 15 is 0 Å². The number of hydrogen-bond donors (Lipinski definition) is 1. The van der Waals surface area contributed by atoms with Gasteiger partial charge in [-0.25, -0.2) is 0 Å². The topological polar surface area (TPSA) is 46.3 Å². The van der Waals surface area contributed by atoms with Crippen molar-refractivity contribution in [3.63, 3.8) is 0 Å². The Morgan fingerprint density at radius 2 is 1.89 bits per heavy atom. The molecule has 0 unspecified atom stereocenters. The maximum Gasteiger partial charge on any atom is 0.222 e. The zero-order valence-electron chi connectivity index (χ0n) is 12.0. The minimum atomic E-state index is 0.255. The van der Waals surface area contributed by atoms with E-state index < -0.39 is 0 Å². The van der Waals surface area contributed by atoms with Crippen molar-refractivity contribution in [2.75, 3.05) is 13.1 Å². The molecule has 1 aromatic rings. The normalized spacial score (nSPS) is 10.4. The van der Waals surface area contributed by atoms with E-state index in [9.17, 15) is 4.79 Å². The Kier molecular flexibility index (Phi) is 7.91. The molecule has 106 valence electrons. The zero-order valence-corrected chi connectivity index (χ0v) is 12.0. The van der Waals surface area contributed by atoms with Gasteiger partial charge in [0.2, 0.25) is 5.91 Å². The van der Waals surface area contributed by atoms with Crippen molar-refractivity contribution < 1.29 is 4.79 Å². The molecule has 0 saturated carbocycles. The predicted octanol–water partition coefficient (Wildman–Crippen LogP) is 2.94. The van der Waals surface area contributed by atoms with Gasteiger partial charge in [-0.1, -0.05) is 50.1 Å². The first kappa shape index (κ1) is 15.7. The van der Waals surface area contributed by atoms with Gasteiger partial charge < -0.3 is 10.6 Å². The molecular weight excluding hydrogens is 236 g/mol. The van der Waals surface area contributed by atoms with Crippen LogP contribution < -0.4 is 5.73 Å². The zero-order chi connectivity index (χ0) is 13.9. The lowest BCUT2D eigenvalue weighted by Gasteiger charge is -2.22. The number of hydrogen-bond acceptors (Lipinski definition) is 2. The van der Waals surface area contributed by atoms with Crippen molar-refractivity contribution in [3.05, 3.63) is 35.9 Å². The largest absolute Gasteiger partial charge is 0.338 e. The van der Waals surface area contributed by atoms with Crippen LogP contribution in [0.5, 0.6) is 0 Å². The maximum absolute atomic E-state index is 12.2. The Balaban J connectivity index is 2.53. The van der Waals surface area contributed by atoms with Gasteiger partial charge in [0, 0.05) is 19.5 Å². The standard InChI is InChI=1S/C16H26N2O/c1-2-3-5-11-16(19)18(13-8-12-17)14-15-9-6-4-7-10-15/h4,6-7,9-10H,2-3,5,8,11-14,17H2,1H3. The Morgan fingerprint density at radius 3 is 2.53 bits per heavy atom. The van der Waals surface area contributed by atoms with E-state index in [1.807, 2.05) is 23.1 Å². The van der Waals surface area contributed by atoms with Crippen molar-refractivity contribution in [1.29, 1.82) is 0 Å². The van der Waals surface area contributed by atoms with E-state index in [1.165, 1.54) is 5.56 Å². The lowest BCUT2D eigenvalue weighted by atomic mass is 10.1. The molecule has 19 heavy (non-hydrogen) atoms. The molecule has 0 heterocycles. The third-order valence-electron chi connectivity index (χ3n) is 3.20. The molecule has 1 amide bonds. The summed E-state index contributed by atoms with van der Waals surface area (Å²) in [6.07, 6.45) is 4.79. The molecule has 3 nitrogen and oxygen atoms in total. The van der Waals surface area contributed by atoms with Gasteiger partial charge in [-0.15, -0.1) is 0 Å². The van der Waals surface area contributed by atoms with Crippen LogP contribution in [-0.2, 0) is 11.3 Å². The van der Waals surface area contributed by atoms with Crippen LogP contribution in [0.3, 0.4) is 0 Å². The van der Waals surface area contributed by atoms with Crippen LogP contribution in [0, 0.1) is 0 Å². The monoisotopic (exact) mass is 262 g/mol. The summed E-state index contributed by atoms with van der Waals surface area (Å²) < 4.78 is 0. The Labute approximate surface area is 116 Å². The van der Waals surface area contributed by atoms with Crippen LogP contribution in [0.25, 0.3) is 0 Å². The first-order valence-electron chi connectivity index (χ1n) is 7.29. The van der Waals surface area contributed by atoms with E-state index in [-0.39, 0.29) is 5.91 Å². The van der Waals surface area contributed by atoms with Crippen LogP contribution in [-0.4, -0.2) is 23.9 Å². The molecular formula is C16H26N2O. The average molecular weight is 262 g/mol. The second-order valence-corrected chi connectivity index (χ2v) is 4.90. The van der Waals surface area contributed by atoms with E-state index in [2.05, 4.69) is 19.1 Å². The lowest BCUT2D eigenvalue weighted by Crippen LogP contribution is -2.32. The molecule has 0 fully saturated rings. The van der Waals surface area contributed by atoms with Crippen LogP contribution in [0.4, 0.5) is 0 Å². The van der Waals surface area contributed by atoms with Crippen molar-refractivity contribution in [1.82, 2.24) is 4.90 Å². The predicted molar refractivity (Wildman–Crippen MR) is 79.7 cm³/mol. The third kappa shape index (κ3) is 6.39. The fraction of sp³-hybridized carbons (Fsp3) is 0.562. The van der Waals surface area contributed by atoms with Gasteiger partial charge in [0.15, 0.2) is 0 Å². The molecule has 1 rings (SSSR count). The highest BCUT2D eigenvalue weighted by Gasteiger charge is 2.12. The minimum absolute atomic E-state index is 0.255. The number of carbonyl (C=O) groups is 1. The summed E-state index contributed by atoms with van der Waals surface area (Å²) in [5.41, 5.74) is 6.74. The Morgan fingerprint density at radius 1 is 1.16 bits per heavy atom. The average Bonchev–Trinajstić information content (AvgIpc) is 2.44. The van der Waals surface area contributed by atoms with E-state index in [0.29, 0.717) is 19.5 Å². The minimum Gasteiger partial charge on any atom is -0.338 e. The maximum atomic E-state index is 12.2. The molecule has 3 heteroatoms. The molecule has 0 radical (unpaired) electrons. The fourth-order valence-electron chi connectivity index (χ4n) is 2.06. The molecule has 0 spiro atoms. The number of nitrogens with two attached hydrogens (primary N) is 1. The van der Waals surface area contributed by atoms with Crippen LogP contribution in [0.2, 0.25) is 0 Å². The highest BCUT2D eigenvalue weighted by atomic mass is 16.2. The summed E-state index contributed by atoms with van der Waals surface area (Å²) >= 11 is 0. The molecule has 0 saturated heterocycles. The second-order valence-electron chi connectivity index (χ2n) is 4.90. The first-order valence-corrected chi connectivity index (χ1v) is 7.29. The smallest absolute Gasteiger partial charge is 0.222 e. The highest BCUT2D eigenvalue weighted by molar-refractivity contribution is 5.76. The summed E-state index contributed by atoms with van der Waals surface area (Å²) in [4.78, 5) is 14.2. The molecule has 0 bridgehead atoms. The number of carbonyl (C=O) groups excluding carboxylic acids is 1. The second kappa shape index (κ2) is 9.56. The van der Waals surface area contributed by atoms with Crippen molar-refractivity contribution in [2.24, 2.45) is 5.73 Å². The van der Waals surface area contributed by atoms with Gasteiger partial charge in [-0.05, 0) is 24.9 Å². The van der Waals surface area contributed by atoms with Gasteiger partial charge in [-0.2, -0.15) is 0 Å². The molecule has 2 N–H and O–H groups in total. The summed E-state index contributed by atoms with van der Waals surface area (Å²) in [5, 5.41) is 0. The van der Waals surface area contributed by atoms with Gasteiger partial charge in [-0.3, -0.25) is 4.79 Å². The van der Waals surface area contributed by atoms with Crippen molar-refractivity contribution in [3.8, 4) is 0 Å². The van der Waals surface area contributed by atoms with Gasteiger partial charge >= 0.3 is 0 Å². The SMILES string of the molecule is CCCCCC(=O)N(CCCN)Cc1ccccc1. The Bertz CT molecular complexity index is 351. The first-order chi connectivity index (χ1) is 9.27. The van der Waals surface area contributed by atoms with Gasteiger partial charge in [0.1, 0.15) is 0 Å². The molecule has 0 aliphatic heterocycles. The van der Waals surface area contributed by atoms with E-state index in [4.69, 9.17) is 5.73 Å². The summed E-state index contributed by atoms with van der Waals surface area (Å²) in [6.45, 7) is 4.25. The molecule has 1 aromatic carbocycles. The van der Waals surface area contributed by atoms with Crippen LogP contribution in [0.15, 0.2) is 30.3 Å². The summed E-state index contributed by atoms with van der Waals surface area (Å²) in [5.74, 6) is 0.255. The summed E-state index contributed by atoms with van der Waals surface area (Å²) in [7, 11) is 0. The highest BCUT2D eigenvalue weighted by Crippen LogP contribution is 2.09. The lowest BCUT2D eigenvalue weighted by molar-refractivity contribution is -0.132. The van der Waals surface area contributed by atoms with E-state index in [0.717, 1.165) is 32.2 Å². The number of amides is 1. The summed E-state index contributed by atoms with van der Waals surface area (Å²) in [6, 6.07) is 10.1. The van der Waals surface area contributed by atoms with Gasteiger partial charge in [0.25, 0.3) is 0 Å². The van der Waals surface area contributed by atoms with E-state index in [1.54, 1.807) is 0 Å². The van der Waals surface area contributed by atoms with Crippen molar-refractivity contribution in [2.45, 2.75) is 45.6 Å². The Hall–Kier alpha value is -1.35. The van der Waals surface area contributed by atoms with Crippen molar-refractivity contribution >= 4 is 5.91 Å². The molecule has 0 aromatic heterocycles. The molecule has 0 aliphatic rings. The quantitative estimate of drug-likeness (QED) is 0.695. The molecule has 0 aliphatic carbocycles. The fourth-order valence-corrected chi connectivity index (χ4v) is 2.06. The van der Waals surface area contributed by atoms with Crippen LogP contribution >= 0.6 is 0 Å². The molecule has 0 atom stereocenters. The number of unbranched alkanes of at least 4 members (excludes halogenated alkanes) is 2. The van der Waals surface area contributed by atoms with Gasteiger partial charge in [0.05, 0.1) is 0 Å². The number of rotatable bonds is 9. The number of benzene rings is 1. The van der Waals surface area contributed by atoms with Crippen LogP contribution in [0.1, 0.15) is 44.6 Å². The third-order valence-corrected chi connectivity index (χ3v) is 3.20.